The summed E-state index contributed by atoms with van der Waals surface area (Å²) in [6.07, 6.45) is -0.720. The van der Waals surface area contributed by atoms with E-state index >= 15 is 0 Å². The Hall–Kier alpha value is -3.17. The predicted molar refractivity (Wildman–Crippen MR) is 97.7 cm³/mol. The fraction of sp³-hybridized carbons (Fsp3) is 0.368. The van der Waals surface area contributed by atoms with Crippen LogP contribution in [0, 0.1) is 6.92 Å². The standard InChI is InChI=1S/C19H19F3N4O3/c1-3-28-18(27)17-14-11-26(25-15(14)4-6-23-17)10-13-8-12(2)16(9-24-13)29-7-5-19(20,21)22/h4,6,8-9,11H,3,5,7,10H2,1-2H3. The number of nitrogens with zero attached hydrogens (tertiary/aromatic N) is 4. The van der Waals surface area contributed by atoms with Crippen molar-refractivity contribution in [3.8, 4) is 5.75 Å². The molecule has 29 heavy (non-hydrogen) atoms. The lowest BCUT2D eigenvalue weighted by atomic mass is 10.2. The van der Waals surface area contributed by atoms with Gasteiger partial charge in [-0.2, -0.15) is 18.3 Å². The lowest BCUT2D eigenvalue weighted by Gasteiger charge is -2.11. The van der Waals surface area contributed by atoms with Gasteiger partial charge in [0.2, 0.25) is 0 Å². The molecule has 0 saturated heterocycles. The molecule has 3 rings (SSSR count). The summed E-state index contributed by atoms with van der Waals surface area (Å²) in [5, 5.41) is 4.98. The highest BCUT2D eigenvalue weighted by Gasteiger charge is 2.27. The van der Waals surface area contributed by atoms with Crippen LogP contribution in [0.1, 0.15) is 35.1 Å². The summed E-state index contributed by atoms with van der Waals surface area (Å²) in [6.45, 7) is 3.54. The fourth-order valence-corrected chi connectivity index (χ4v) is 2.72. The fourth-order valence-electron chi connectivity index (χ4n) is 2.72. The number of ether oxygens (including phenoxy) is 2. The molecule has 0 saturated carbocycles. The number of fused-ring (bicyclic) bond motifs is 1. The van der Waals surface area contributed by atoms with Crippen molar-refractivity contribution in [1.29, 1.82) is 0 Å². The Kier molecular flexibility index (Phi) is 6.00. The van der Waals surface area contributed by atoms with Gasteiger partial charge in [0.15, 0.2) is 5.69 Å². The number of esters is 1. The SMILES string of the molecule is CCOC(=O)c1nccc2nn(Cc3cc(C)c(OCCC(F)(F)F)cn3)cc12. The number of carbonyl (C=O) groups excluding carboxylic acids is 1. The molecular formula is C19H19F3N4O3. The number of aromatic nitrogens is 4. The van der Waals surface area contributed by atoms with E-state index in [-0.39, 0.29) is 12.3 Å². The van der Waals surface area contributed by atoms with Gasteiger partial charge in [-0.25, -0.2) is 9.78 Å². The molecule has 7 nitrogen and oxygen atoms in total. The lowest BCUT2D eigenvalue weighted by Crippen LogP contribution is -2.13. The molecule has 0 bridgehead atoms. The predicted octanol–water partition coefficient (Wildman–Crippen LogP) is 3.69. The summed E-state index contributed by atoms with van der Waals surface area (Å²) in [6, 6.07) is 3.41. The average Bonchev–Trinajstić information content (AvgIpc) is 3.05. The number of alkyl halides is 3. The molecule has 0 amide bonds. The monoisotopic (exact) mass is 408 g/mol. The van der Waals surface area contributed by atoms with E-state index in [0.717, 1.165) is 0 Å². The van der Waals surface area contributed by atoms with E-state index in [4.69, 9.17) is 9.47 Å². The highest BCUT2D eigenvalue weighted by Crippen LogP contribution is 2.23. The Morgan fingerprint density at radius 3 is 2.76 bits per heavy atom. The van der Waals surface area contributed by atoms with Crippen LogP contribution < -0.4 is 4.74 Å². The number of aryl methyl sites for hydroxylation is 1. The molecule has 0 radical (unpaired) electrons. The smallest absolute Gasteiger partial charge is 0.392 e. The van der Waals surface area contributed by atoms with E-state index in [1.54, 1.807) is 36.9 Å². The Bertz CT molecular complexity index is 1020. The van der Waals surface area contributed by atoms with Gasteiger partial charge in [-0.1, -0.05) is 0 Å². The van der Waals surface area contributed by atoms with Crippen LogP contribution >= 0.6 is 0 Å². The first-order valence-electron chi connectivity index (χ1n) is 8.91. The second-order valence-corrected chi connectivity index (χ2v) is 6.29. The van der Waals surface area contributed by atoms with Crippen LogP contribution in [0.4, 0.5) is 13.2 Å². The van der Waals surface area contributed by atoms with Gasteiger partial charge in [0.25, 0.3) is 0 Å². The van der Waals surface area contributed by atoms with Crippen molar-refractivity contribution in [2.24, 2.45) is 0 Å². The van der Waals surface area contributed by atoms with Gasteiger partial charge >= 0.3 is 12.1 Å². The molecule has 3 aromatic rings. The number of rotatable bonds is 7. The first-order chi connectivity index (χ1) is 13.8. The quantitative estimate of drug-likeness (QED) is 0.555. The summed E-state index contributed by atoms with van der Waals surface area (Å²) in [7, 11) is 0. The minimum atomic E-state index is -4.26. The molecule has 0 spiro atoms. The normalized spacial score (nSPS) is 11.6. The van der Waals surface area contributed by atoms with Crippen molar-refractivity contribution in [2.75, 3.05) is 13.2 Å². The second-order valence-electron chi connectivity index (χ2n) is 6.29. The molecule has 0 unspecified atom stereocenters. The van der Waals surface area contributed by atoms with E-state index in [1.165, 1.54) is 12.4 Å². The van der Waals surface area contributed by atoms with Gasteiger partial charge in [-0.15, -0.1) is 0 Å². The zero-order valence-electron chi connectivity index (χ0n) is 15.9. The maximum absolute atomic E-state index is 12.2. The van der Waals surface area contributed by atoms with Crippen molar-refractivity contribution >= 4 is 16.9 Å². The third-order valence-electron chi connectivity index (χ3n) is 4.04. The molecule has 0 fully saturated rings. The summed E-state index contributed by atoms with van der Waals surface area (Å²) in [5.74, 6) is -0.218. The zero-order chi connectivity index (χ0) is 21.0. The lowest BCUT2D eigenvalue weighted by molar-refractivity contribution is -0.139. The van der Waals surface area contributed by atoms with Crippen LogP contribution in [0.3, 0.4) is 0 Å². The Morgan fingerprint density at radius 2 is 2.07 bits per heavy atom. The van der Waals surface area contributed by atoms with Gasteiger partial charge in [0, 0.05) is 12.4 Å². The largest absolute Gasteiger partial charge is 0.491 e. The van der Waals surface area contributed by atoms with Gasteiger partial charge in [0.1, 0.15) is 5.75 Å². The highest BCUT2D eigenvalue weighted by molar-refractivity contribution is 6.01. The van der Waals surface area contributed by atoms with Crippen LogP contribution in [0.2, 0.25) is 0 Å². The van der Waals surface area contributed by atoms with Crippen molar-refractivity contribution < 1.29 is 27.4 Å². The molecule has 154 valence electrons. The molecule has 10 heteroatoms. The molecular weight excluding hydrogens is 389 g/mol. The maximum atomic E-state index is 12.2. The number of pyridine rings is 2. The molecule has 0 aliphatic heterocycles. The number of carbonyl (C=O) groups is 1. The number of halogens is 3. The van der Waals surface area contributed by atoms with Crippen molar-refractivity contribution in [3.63, 3.8) is 0 Å². The average molecular weight is 408 g/mol. The van der Waals surface area contributed by atoms with Crippen LogP contribution in [0.5, 0.6) is 5.75 Å². The van der Waals surface area contributed by atoms with E-state index < -0.39 is 25.2 Å². The number of hydrogen-bond acceptors (Lipinski definition) is 6. The second kappa shape index (κ2) is 8.46. The van der Waals surface area contributed by atoms with E-state index in [1.807, 2.05) is 0 Å². The van der Waals surface area contributed by atoms with Gasteiger partial charge in [-0.05, 0) is 31.5 Å². The van der Waals surface area contributed by atoms with Crippen LogP contribution in [-0.4, -0.2) is 45.1 Å². The number of hydrogen-bond donors (Lipinski definition) is 0. The van der Waals surface area contributed by atoms with Crippen LogP contribution in [0.15, 0.2) is 30.7 Å². The van der Waals surface area contributed by atoms with E-state index in [0.29, 0.717) is 34.5 Å². The maximum Gasteiger partial charge on any atom is 0.392 e. The third-order valence-corrected chi connectivity index (χ3v) is 4.04. The summed E-state index contributed by atoms with van der Waals surface area (Å²) in [4.78, 5) is 20.3. The first kappa shape index (κ1) is 20.6. The molecule has 0 aromatic carbocycles. The topological polar surface area (TPSA) is 79.1 Å². The van der Waals surface area contributed by atoms with E-state index in [9.17, 15) is 18.0 Å². The van der Waals surface area contributed by atoms with Crippen molar-refractivity contribution in [3.05, 3.63) is 47.7 Å². The molecule has 0 N–H and O–H groups in total. The van der Waals surface area contributed by atoms with Gasteiger partial charge < -0.3 is 9.47 Å². The minimum Gasteiger partial charge on any atom is -0.491 e. The van der Waals surface area contributed by atoms with Gasteiger partial charge in [-0.3, -0.25) is 9.67 Å². The van der Waals surface area contributed by atoms with E-state index in [2.05, 4.69) is 15.1 Å². The Morgan fingerprint density at radius 1 is 1.28 bits per heavy atom. The molecule has 3 heterocycles. The molecule has 0 aliphatic carbocycles. The molecule has 0 atom stereocenters. The summed E-state index contributed by atoms with van der Waals surface area (Å²) in [5.41, 5.74) is 2.09. The minimum absolute atomic E-state index is 0.188. The summed E-state index contributed by atoms with van der Waals surface area (Å²) >= 11 is 0. The summed E-state index contributed by atoms with van der Waals surface area (Å²) < 4.78 is 48.5. The zero-order valence-corrected chi connectivity index (χ0v) is 15.9. The first-order valence-corrected chi connectivity index (χ1v) is 8.91. The molecule has 3 aromatic heterocycles. The van der Waals surface area contributed by atoms with Crippen molar-refractivity contribution in [1.82, 2.24) is 19.7 Å². The Labute approximate surface area is 164 Å². The van der Waals surface area contributed by atoms with Crippen LogP contribution in [0.25, 0.3) is 10.9 Å². The third kappa shape index (κ3) is 5.21. The highest BCUT2D eigenvalue weighted by atomic mass is 19.4. The Balaban J connectivity index is 1.74. The van der Waals surface area contributed by atoms with Gasteiger partial charge in [0.05, 0.1) is 49.0 Å². The van der Waals surface area contributed by atoms with Crippen molar-refractivity contribution in [2.45, 2.75) is 33.0 Å². The van der Waals surface area contributed by atoms with Crippen LogP contribution in [-0.2, 0) is 11.3 Å². The molecule has 0 aliphatic rings.